The summed E-state index contributed by atoms with van der Waals surface area (Å²) in [6.45, 7) is 7.87. The van der Waals surface area contributed by atoms with Gasteiger partial charge in [-0.15, -0.1) is 0 Å². The lowest BCUT2D eigenvalue weighted by molar-refractivity contribution is -0.130. The fraction of sp³-hybridized carbons (Fsp3) is 0.176. The maximum atomic E-state index is 11.1. The van der Waals surface area contributed by atoms with Crippen molar-refractivity contribution in [3.05, 3.63) is 65.5 Å². The van der Waals surface area contributed by atoms with E-state index in [2.05, 4.69) is 11.7 Å². The number of carboxylic acid groups (broad SMARTS) is 1. The number of allylic oxidation sites excluding steroid dienone is 1. The second-order valence-electron chi connectivity index (χ2n) is 4.82. The molecular formula is C17H18N2O2. The van der Waals surface area contributed by atoms with Crippen molar-refractivity contribution in [3.8, 4) is 0 Å². The van der Waals surface area contributed by atoms with Gasteiger partial charge in [0, 0.05) is 11.3 Å². The summed E-state index contributed by atoms with van der Waals surface area (Å²) in [5.41, 5.74) is 3.33. The molecule has 0 saturated carbocycles. The molecule has 4 heteroatoms. The lowest BCUT2D eigenvalue weighted by atomic mass is 10.1. The Labute approximate surface area is 124 Å². The summed E-state index contributed by atoms with van der Waals surface area (Å²) in [5, 5.41) is 13.5. The van der Waals surface area contributed by atoms with Gasteiger partial charge in [-0.05, 0) is 19.4 Å². The number of hydrogen-bond donors (Lipinski definition) is 1. The standard InChI is InChI=1S/C17H18N2O2/c1-12(17(20)21)16-13(2)18-19(14(16)3)11-7-10-15-8-5-4-6-9-15/h4-10H,1,11H2,2-3H3,(H,20,21). The lowest BCUT2D eigenvalue weighted by Gasteiger charge is -2.02. The van der Waals surface area contributed by atoms with Crippen LogP contribution in [0, 0.1) is 13.8 Å². The minimum atomic E-state index is -1.01. The normalized spacial score (nSPS) is 11.0. The molecule has 21 heavy (non-hydrogen) atoms. The summed E-state index contributed by atoms with van der Waals surface area (Å²) >= 11 is 0. The fourth-order valence-corrected chi connectivity index (χ4v) is 2.27. The van der Waals surface area contributed by atoms with Crippen molar-refractivity contribution < 1.29 is 9.90 Å². The zero-order chi connectivity index (χ0) is 15.4. The van der Waals surface area contributed by atoms with Gasteiger partial charge in [-0.25, -0.2) is 4.79 Å². The third kappa shape index (κ3) is 3.28. The number of carboxylic acids is 1. The van der Waals surface area contributed by atoms with Crippen molar-refractivity contribution in [1.82, 2.24) is 9.78 Å². The smallest absolute Gasteiger partial charge is 0.335 e. The molecule has 1 N–H and O–H groups in total. The molecule has 0 amide bonds. The van der Waals surface area contributed by atoms with Crippen LogP contribution in [0.5, 0.6) is 0 Å². The first-order chi connectivity index (χ1) is 10.0. The van der Waals surface area contributed by atoms with E-state index in [4.69, 9.17) is 5.11 Å². The van der Waals surface area contributed by atoms with Crippen molar-refractivity contribution in [2.75, 3.05) is 0 Å². The summed E-state index contributed by atoms with van der Waals surface area (Å²) in [5.74, 6) is -1.01. The SMILES string of the molecule is C=C(C(=O)O)c1c(C)nn(CC=Cc2ccccc2)c1C. The van der Waals surface area contributed by atoms with Crippen LogP contribution in [0.15, 0.2) is 43.0 Å². The molecule has 0 spiro atoms. The number of aliphatic carboxylic acids is 1. The Bertz CT molecular complexity index is 697. The maximum Gasteiger partial charge on any atom is 0.335 e. The Morgan fingerprint density at radius 2 is 2.00 bits per heavy atom. The monoisotopic (exact) mass is 282 g/mol. The molecule has 2 aromatic rings. The number of hydrogen-bond acceptors (Lipinski definition) is 2. The first-order valence-corrected chi connectivity index (χ1v) is 6.69. The predicted octanol–water partition coefficient (Wildman–Crippen LogP) is 3.31. The largest absolute Gasteiger partial charge is 0.478 e. The van der Waals surface area contributed by atoms with E-state index in [1.165, 1.54) is 0 Å². The molecular weight excluding hydrogens is 264 g/mol. The van der Waals surface area contributed by atoms with E-state index >= 15 is 0 Å². The Balaban J connectivity index is 2.19. The van der Waals surface area contributed by atoms with Crippen LogP contribution in [0.4, 0.5) is 0 Å². The second-order valence-corrected chi connectivity index (χ2v) is 4.82. The van der Waals surface area contributed by atoms with Crippen LogP contribution in [-0.2, 0) is 11.3 Å². The van der Waals surface area contributed by atoms with Gasteiger partial charge >= 0.3 is 5.97 Å². The van der Waals surface area contributed by atoms with E-state index in [1.54, 1.807) is 11.6 Å². The first-order valence-electron chi connectivity index (χ1n) is 6.69. The summed E-state index contributed by atoms with van der Waals surface area (Å²) in [7, 11) is 0. The molecule has 0 fully saturated rings. The molecule has 0 radical (unpaired) electrons. The molecule has 108 valence electrons. The quantitative estimate of drug-likeness (QED) is 0.856. The lowest BCUT2D eigenvalue weighted by Crippen LogP contribution is -2.03. The second kappa shape index (κ2) is 6.22. The van der Waals surface area contributed by atoms with Gasteiger partial charge in [0.2, 0.25) is 0 Å². The van der Waals surface area contributed by atoms with Gasteiger partial charge in [-0.3, -0.25) is 4.68 Å². The van der Waals surface area contributed by atoms with E-state index in [-0.39, 0.29) is 5.57 Å². The van der Waals surface area contributed by atoms with Crippen molar-refractivity contribution in [2.45, 2.75) is 20.4 Å². The molecule has 0 bridgehead atoms. The Morgan fingerprint density at radius 1 is 1.33 bits per heavy atom. The molecule has 1 aromatic heterocycles. The van der Waals surface area contributed by atoms with Crippen LogP contribution < -0.4 is 0 Å². The van der Waals surface area contributed by atoms with Crippen LogP contribution in [-0.4, -0.2) is 20.9 Å². The number of aromatic nitrogens is 2. The molecule has 0 unspecified atom stereocenters. The average Bonchev–Trinajstić information content (AvgIpc) is 2.74. The highest BCUT2D eigenvalue weighted by molar-refractivity contribution is 6.15. The Hall–Kier alpha value is -2.62. The summed E-state index contributed by atoms with van der Waals surface area (Å²) < 4.78 is 1.79. The van der Waals surface area contributed by atoms with E-state index in [0.29, 0.717) is 17.8 Å². The van der Waals surface area contributed by atoms with Gasteiger partial charge in [0.25, 0.3) is 0 Å². The first kappa shape index (κ1) is 14.8. The molecule has 0 aliphatic rings. The predicted molar refractivity (Wildman–Crippen MR) is 83.8 cm³/mol. The van der Waals surface area contributed by atoms with E-state index in [1.807, 2.05) is 49.4 Å². The third-order valence-corrected chi connectivity index (χ3v) is 3.33. The fourth-order valence-electron chi connectivity index (χ4n) is 2.27. The molecule has 0 saturated heterocycles. The van der Waals surface area contributed by atoms with E-state index in [0.717, 1.165) is 11.3 Å². The van der Waals surface area contributed by atoms with Gasteiger partial charge in [0.15, 0.2) is 0 Å². The molecule has 1 heterocycles. The zero-order valence-corrected chi connectivity index (χ0v) is 12.2. The van der Waals surface area contributed by atoms with Gasteiger partial charge in [0.1, 0.15) is 0 Å². The van der Waals surface area contributed by atoms with Gasteiger partial charge in [0.05, 0.1) is 17.8 Å². The topological polar surface area (TPSA) is 55.1 Å². The number of benzene rings is 1. The minimum Gasteiger partial charge on any atom is -0.478 e. The maximum absolute atomic E-state index is 11.1. The van der Waals surface area contributed by atoms with E-state index < -0.39 is 5.97 Å². The van der Waals surface area contributed by atoms with Gasteiger partial charge in [-0.1, -0.05) is 49.1 Å². The molecule has 0 atom stereocenters. The number of aryl methyl sites for hydroxylation is 1. The number of rotatable bonds is 5. The van der Waals surface area contributed by atoms with Gasteiger partial charge in [-0.2, -0.15) is 5.10 Å². The van der Waals surface area contributed by atoms with Crippen molar-refractivity contribution >= 4 is 17.6 Å². The molecule has 0 aliphatic heterocycles. The Kier molecular flexibility index (Phi) is 4.38. The van der Waals surface area contributed by atoms with E-state index in [9.17, 15) is 4.79 Å². The number of nitrogens with zero attached hydrogens (tertiary/aromatic N) is 2. The molecule has 4 nitrogen and oxygen atoms in total. The van der Waals surface area contributed by atoms with Crippen LogP contribution >= 0.6 is 0 Å². The minimum absolute atomic E-state index is 0.0864. The summed E-state index contributed by atoms with van der Waals surface area (Å²) in [6, 6.07) is 9.99. The summed E-state index contributed by atoms with van der Waals surface area (Å²) in [4.78, 5) is 11.1. The third-order valence-electron chi connectivity index (χ3n) is 3.33. The van der Waals surface area contributed by atoms with Crippen LogP contribution in [0.1, 0.15) is 22.5 Å². The highest BCUT2D eigenvalue weighted by Gasteiger charge is 2.17. The molecule has 1 aromatic carbocycles. The highest BCUT2D eigenvalue weighted by atomic mass is 16.4. The highest BCUT2D eigenvalue weighted by Crippen LogP contribution is 2.21. The molecule has 2 rings (SSSR count). The van der Waals surface area contributed by atoms with Gasteiger partial charge < -0.3 is 5.11 Å². The Morgan fingerprint density at radius 3 is 2.62 bits per heavy atom. The average molecular weight is 282 g/mol. The number of carbonyl (C=O) groups is 1. The van der Waals surface area contributed by atoms with Crippen LogP contribution in [0.25, 0.3) is 11.6 Å². The molecule has 0 aliphatic carbocycles. The van der Waals surface area contributed by atoms with Crippen molar-refractivity contribution in [2.24, 2.45) is 0 Å². The van der Waals surface area contributed by atoms with Crippen LogP contribution in [0.3, 0.4) is 0 Å². The summed E-state index contributed by atoms with van der Waals surface area (Å²) in [6.07, 6.45) is 4.02. The zero-order valence-electron chi connectivity index (χ0n) is 12.2. The van der Waals surface area contributed by atoms with Crippen LogP contribution in [0.2, 0.25) is 0 Å². The van der Waals surface area contributed by atoms with Crippen molar-refractivity contribution in [1.29, 1.82) is 0 Å². The van der Waals surface area contributed by atoms with Crippen molar-refractivity contribution in [3.63, 3.8) is 0 Å².